The number of hydrogen-bond donors (Lipinski definition) is 2. The highest BCUT2D eigenvalue weighted by Gasteiger charge is 2.21. The van der Waals surface area contributed by atoms with Crippen LogP contribution in [0.25, 0.3) is 42.9 Å². The number of ether oxygens (including phenoxy) is 1. The number of hydrogen-bond acceptors (Lipinski definition) is 7. The largest absolute Gasteiger partial charge is 0.478 e. The highest BCUT2D eigenvalue weighted by atomic mass is 32.1. The van der Waals surface area contributed by atoms with Crippen LogP contribution < -0.4 is 4.90 Å². The lowest BCUT2D eigenvalue weighted by Crippen LogP contribution is -2.36. The van der Waals surface area contributed by atoms with E-state index in [-0.39, 0.29) is 5.56 Å². The van der Waals surface area contributed by atoms with Crippen molar-refractivity contribution in [2.75, 3.05) is 31.2 Å². The molecular weight excluding hydrogens is 438 g/mol. The Balaban J connectivity index is 1.56. The summed E-state index contributed by atoms with van der Waals surface area (Å²) in [5, 5.41) is 17.5. The van der Waals surface area contributed by atoms with E-state index in [1.165, 1.54) is 0 Å². The van der Waals surface area contributed by atoms with Crippen molar-refractivity contribution in [2.45, 2.75) is 0 Å². The van der Waals surface area contributed by atoms with E-state index in [4.69, 9.17) is 14.7 Å². The smallest absolute Gasteiger partial charge is 0.335 e. The zero-order valence-corrected chi connectivity index (χ0v) is 18.3. The Morgan fingerprint density at radius 2 is 1.94 bits per heavy atom. The SMILES string of the molecule is O=C(O)c1cccc(-c2cc3nc(-c4cccc5[nH]ncc45)nc(N4CCOCC4)c3s2)c1. The molecule has 1 fully saturated rings. The van der Waals surface area contributed by atoms with E-state index in [0.29, 0.717) is 19.0 Å². The van der Waals surface area contributed by atoms with Crippen molar-refractivity contribution in [2.24, 2.45) is 0 Å². The van der Waals surface area contributed by atoms with Gasteiger partial charge in [-0.05, 0) is 29.8 Å². The number of rotatable bonds is 4. The molecule has 0 radical (unpaired) electrons. The highest BCUT2D eigenvalue weighted by molar-refractivity contribution is 7.22. The van der Waals surface area contributed by atoms with Gasteiger partial charge in [0, 0.05) is 28.9 Å². The van der Waals surface area contributed by atoms with E-state index in [9.17, 15) is 9.90 Å². The molecule has 4 heterocycles. The summed E-state index contributed by atoms with van der Waals surface area (Å²) >= 11 is 1.58. The molecule has 1 aliphatic heterocycles. The number of nitrogens with one attached hydrogen (secondary N) is 1. The Labute approximate surface area is 192 Å². The molecule has 8 nitrogen and oxygen atoms in total. The van der Waals surface area contributed by atoms with Gasteiger partial charge in [-0.2, -0.15) is 5.10 Å². The summed E-state index contributed by atoms with van der Waals surface area (Å²) in [4.78, 5) is 24.6. The minimum Gasteiger partial charge on any atom is -0.478 e. The van der Waals surface area contributed by atoms with Crippen molar-refractivity contribution in [3.05, 3.63) is 60.3 Å². The van der Waals surface area contributed by atoms with E-state index in [1.54, 1.807) is 35.7 Å². The molecule has 0 atom stereocenters. The standard InChI is InChI=1S/C24H19N5O3S/c30-24(31)15-4-1-3-14(11-15)20-12-19-21(33-20)23(29-7-9-32-10-8-29)27-22(26-19)16-5-2-6-18-17(16)13-25-28-18/h1-6,11-13H,7-10H2,(H,25,28)(H,30,31). The summed E-state index contributed by atoms with van der Waals surface area (Å²) in [7, 11) is 0. The lowest BCUT2D eigenvalue weighted by Gasteiger charge is -2.28. The van der Waals surface area contributed by atoms with Crippen molar-refractivity contribution in [1.29, 1.82) is 0 Å². The van der Waals surface area contributed by atoms with Crippen molar-refractivity contribution in [1.82, 2.24) is 20.2 Å². The second-order valence-corrected chi connectivity index (χ2v) is 8.87. The number of carbonyl (C=O) groups is 1. The van der Waals surface area contributed by atoms with Crippen LogP contribution in [0.4, 0.5) is 5.82 Å². The monoisotopic (exact) mass is 457 g/mol. The first-order valence-corrected chi connectivity index (χ1v) is 11.4. The van der Waals surface area contributed by atoms with Crippen LogP contribution in [0.5, 0.6) is 0 Å². The van der Waals surface area contributed by atoms with Gasteiger partial charge in [0.1, 0.15) is 0 Å². The van der Waals surface area contributed by atoms with Crippen LogP contribution in [0.15, 0.2) is 54.7 Å². The molecule has 0 spiro atoms. The minimum atomic E-state index is -0.942. The first-order chi connectivity index (χ1) is 16.2. The van der Waals surface area contributed by atoms with Crippen LogP contribution in [0.3, 0.4) is 0 Å². The van der Waals surface area contributed by atoms with Gasteiger partial charge in [-0.15, -0.1) is 11.3 Å². The normalized spacial score (nSPS) is 14.2. The number of nitrogens with zero attached hydrogens (tertiary/aromatic N) is 4. The second-order valence-electron chi connectivity index (χ2n) is 7.82. The summed E-state index contributed by atoms with van der Waals surface area (Å²) in [5.41, 5.74) is 3.79. The van der Waals surface area contributed by atoms with E-state index >= 15 is 0 Å². The van der Waals surface area contributed by atoms with E-state index in [2.05, 4.69) is 15.1 Å². The fraction of sp³-hybridized carbons (Fsp3) is 0.167. The predicted octanol–water partition coefficient (Wildman–Crippen LogP) is 4.44. The number of aromatic carboxylic acids is 1. The molecule has 1 aliphatic rings. The van der Waals surface area contributed by atoms with Crippen LogP contribution in [0.2, 0.25) is 0 Å². The molecule has 0 bridgehead atoms. The van der Waals surface area contributed by atoms with Crippen LogP contribution in [0, 0.1) is 0 Å². The maximum Gasteiger partial charge on any atom is 0.335 e. The van der Waals surface area contributed by atoms with Crippen LogP contribution >= 0.6 is 11.3 Å². The van der Waals surface area contributed by atoms with Gasteiger partial charge < -0.3 is 14.7 Å². The fourth-order valence-electron chi connectivity index (χ4n) is 4.14. The number of aromatic amines is 1. The number of benzene rings is 2. The lowest BCUT2D eigenvalue weighted by atomic mass is 10.1. The molecule has 3 aromatic heterocycles. The first-order valence-electron chi connectivity index (χ1n) is 10.6. The van der Waals surface area contributed by atoms with Crippen molar-refractivity contribution in [3.8, 4) is 21.8 Å². The minimum absolute atomic E-state index is 0.261. The first kappa shape index (κ1) is 19.8. The Bertz CT molecular complexity index is 1500. The Hall–Kier alpha value is -3.82. The summed E-state index contributed by atoms with van der Waals surface area (Å²) in [5.74, 6) is 0.575. The zero-order valence-electron chi connectivity index (χ0n) is 17.5. The van der Waals surface area contributed by atoms with E-state index in [1.807, 2.05) is 30.3 Å². The molecule has 9 heteroatoms. The Kier molecular flexibility index (Phi) is 4.78. The molecule has 164 valence electrons. The summed E-state index contributed by atoms with van der Waals surface area (Å²) in [6.45, 7) is 2.81. The number of H-pyrrole nitrogens is 1. The number of aromatic nitrogens is 4. The average molecular weight is 458 g/mol. The van der Waals surface area contributed by atoms with Crippen LogP contribution in [-0.4, -0.2) is 57.5 Å². The van der Waals surface area contributed by atoms with Gasteiger partial charge in [0.2, 0.25) is 0 Å². The molecule has 6 rings (SSSR count). The molecule has 0 aliphatic carbocycles. The van der Waals surface area contributed by atoms with Gasteiger partial charge in [0.25, 0.3) is 0 Å². The highest BCUT2D eigenvalue weighted by Crippen LogP contribution is 2.39. The molecule has 0 unspecified atom stereocenters. The molecule has 2 N–H and O–H groups in total. The third-order valence-electron chi connectivity index (χ3n) is 5.78. The second kappa shape index (κ2) is 7.95. The van der Waals surface area contributed by atoms with Crippen molar-refractivity contribution in [3.63, 3.8) is 0 Å². The van der Waals surface area contributed by atoms with Gasteiger partial charge in [-0.1, -0.05) is 24.3 Å². The molecule has 5 aromatic rings. The third kappa shape index (κ3) is 3.51. The van der Waals surface area contributed by atoms with Crippen molar-refractivity contribution < 1.29 is 14.6 Å². The van der Waals surface area contributed by atoms with Gasteiger partial charge in [0.05, 0.1) is 40.7 Å². The maximum absolute atomic E-state index is 11.5. The third-order valence-corrected chi connectivity index (χ3v) is 6.95. The van der Waals surface area contributed by atoms with E-state index < -0.39 is 5.97 Å². The maximum atomic E-state index is 11.5. The van der Waals surface area contributed by atoms with Gasteiger partial charge in [-0.3, -0.25) is 5.10 Å². The van der Waals surface area contributed by atoms with Gasteiger partial charge in [0.15, 0.2) is 11.6 Å². The number of thiophene rings is 1. The van der Waals surface area contributed by atoms with E-state index in [0.717, 1.165) is 56.0 Å². The molecule has 2 aromatic carbocycles. The quantitative estimate of drug-likeness (QED) is 0.411. The number of morpholine rings is 1. The summed E-state index contributed by atoms with van der Waals surface area (Å²) in [6, 6.07) is 15.0. The number of fused-ring (bicyclic) bond motifs is 2. The Morgan fingerprint density at radius 1 is 1.09 bits per heavy atom. The predicted molar refractivity (Wildman–Crippen MR) is 128 cm³/mol. The fourth-order valence-corrected chi connectivity index (χ4v) is 5.25. The average Bonchev–Trinajstić information content (AvgIpc) is 3.51. The number of anilines is 1. The molecular formula is C24H19N5O3S. The summed E-state index contributed by atoms with van der Waals surface area (Å²) < 4.78 is 6.54. The van der Waals surface area contributed by atoms with Gasteiger partial charge in [-0.25, -0.2) is 14.8 Å². The molecule has 1 saturated heterocycles. The molecule has 0 saturated carbocycles. The number of carboxylic acid groups (broad SMARTS) is 1. The topological polar surface area (TPSA) is 104 Å². The van der Waals surface area contributed by atoms with Crippen molar-refractivity contribution >= 4 is 44.2 Å². The van der Waals surface area contributed by atoms with Gasteiger partial charge >= 0.3 is 5.97 Å². The number of carboxylic acids is 1. The zero-order chi connectivity index (χ0) is 22.4. The lowest BCUT2D eigenvalue weighted by molar-refractivity contribution is 0.0697. The molecule has 0 amide bonds. The van der Waals surface area contributed by atoms with Crippen LogP contribution in [0.1, 0.15) is 10.4 Å². The van der Waals surface area contributed by atoms with Crippen LogP contribution in [-0.2, 0) is 4.74 Å². The molecule has 33 heavy (non-hydrogen) atoms. The summed E-state index contributed by atoms with van der Waals surface area (Å²) in [6.07, 6.45) is 1.79. The Morgan fingerprint density at radius 3 is 2.79 bits per heavy atom.